The number of halogens is 2. The third-order valence-electron chi connectivity index (χ3n) is 2.98. The normalized spacial score (nSPS) is 19.4. The van der Waals surface area contributed by atoms with Gasteiger partial charge in [-0.15, -0.1) is 0 Å². The van der Waals surface area contributed by atoms with Gasteiger partial charge in [-0.3, -0.25) is 4.79 Å². The summed E-state index contributed by atoms with van der Waals surface area (Å²) in [6.45, 7) is 0.437. The van der Waals surface area contributed by atoms with Gasteiger partial charge in [0.1, 0.15) is 5.69 Å². The fraction of sp³-hybridized carbons (Fsp3) is 0.417. The maximum atomic E-state index is 14.2. The highest BCUT2D eigenvalue weighted by molar-refractivity contribution is 7.80. The first-order valence-electron chi connectivity index (χ1n) is 5.51. The Morgan fingerprint density at radius 1 is 1.61 bits per heavy atom. The lowest BCUT2D eigenvalue weighted by Crippen LogP contribution is -2.26. The molecular weight excluding hydrogens is 277 g/mol. The van der Waals surface area contributed by atoms with Gasteiger partial charge in [0.05, 0.1) is 12.1 Å². The summed E-state index contributed by atoms with van der Waals surface area (Å²) in [4.78, 5) is 13.3. The monoisotopic (exact) mass is 289 g/mol. The Morgan fingerprint density at radius 3 is 2.89 bits per heavy atom. The number of thiol groups is 1. The van der Waals surface area contributed by atoms with Crippen LogP contribution in [0.3, 0.4) is 0 Å². The standard InChI is InChI=1S/C12H13ClFNO2S/c1-17-9-3-2-8(13)12(11(9)14)15-5-7(6-18)4-10(15)16/h2-3,7,18H,4-6H2,1H3. The zero-order valence-corrected chi connectivity index (χ0v) is 11.5. The Kier molecular flexibility index (Phi) is 4.02. The number of methoxy groups -OCH3 is 1. The second kappa shape index (κ2) is 5.36. The van der Waals surface area contributed by atoms with Crippen LogP contribution in [0.15, 0.2) is 12.1 Å². The molecule has 1 unspecified atom stereocenters. The van der Waals surface area contributed by atoms with Crippen molar-refractivity contribution < 1.29 is 13.9 Å². The SMILES string of the molecule is COc1ccc(Cl)c(N2CC(CS)CC2=O)c1F. The minimum Gasteiger partial charge on any atom is -0.494 e. The van der Waals surface area contributed by atoms with Gasteiger partial charge in [-0.05, 0) is 23.8 Å². The molecule has 1 heterocycles. The molecule has 98 valence electrons. The summed E-state index contributed by atoms with van der Waals surface area (Å²) >= 11 is 10.2. The summed E-state index contributed by atoms with van der Waals surface area (Å²) in [6.07, 6.45) is 0.372. The van der Waals surface area contributed by atoms with E-state index >= 15 is 0 Å². The predicted octanol–water partition coefficient (Wildman–Crippen LogP) is 2.77. The maximum absolute atomic E-state index is 14.2. The minimum atomic E-state index is -0.599. The molecule has 0 radical (unpaired) electrons. The molecule has 0 aliphatic carbocycles. The van der Waals surface area contributed by atoms with Crippen molar-refractivity contribution in [2.45, 2.75) is 6.42 Å². The highest BCUT2D eigenvalue weighted by Crippen LogP contribution is 2.37. The van der Waals surface area contributed by atoms with Crippen LogP contribution in [0.4, 0.5) is 10.1 Å². The molecule has 3 nitrogen and oxygen atoms in total. The Labute approximate surface area is 115 Å². The van der Waals surface area contributed by atoms with Crippen molar-refractivity contribution in [2.75, 3.05) is 24.3 Å². The van der Waals surface area contributed by atoms with Crippen molar-refractivity contribution in [1.29, 1.82) is 0 Å². The van der Waals surface area contributed by atoms with Gasteiger partial charge in [-0.2, -0.15) is 12.6 Å². The van der Waals surface area contributed by atoms with Crippen LogP contribution >= 0.6 is 24.2 Å². The average molecular weight is 290 g/mol. The van der Waals surface area contributed by atoms with Gasteiger partial charge in [0.15, 0.2) is 11.6 Å². The lowest BCUT2D eigenvalue weighted by atomic mass is 10.1. The van der Waals surface area contributed by atoms with Gasteiger partial charge >= 0.3 is 0 Å². The van der Waals surface area contributed by atoms with E-state index < -0.39 is 5.82 Å². The first-order valence-corrected chi connectivity index (χ1v) is 6.52. The number of anilines is 1. The molecule has 18 heavy (non-hydrogen) atoms. The number of benzene rings is 1. The number of carbonyl (C=O) groups is 1. The molecule has 1 fully saturated rings. The molecule has 0 N–H and O–H groups in total. The van der Waals surface area contributed by atoms with Gasteiger partial charge in [0, 0.05) is 13.0 Å². The van der Waals surface area contributed by atoms with Crippen LogP contribution in [0.5, 0.6) is 5.75 Å². The molecule has 1 atom stereocenters. The van der Waals surface area contributed by atoms with E-state index in [1.54, 1.807) is 0 Å². The molecule has 0 aromatic heterocycles. The lowest BCUT2D eigenvalue weighted by molar-refractivity contribution is -0.117. The Bertz CT molecular complexity index is 483. The van der Waals surface area contributed by atoms with Gasteiger partial charge in [0.25, 0.3) is 0 Å². The Balaban J connectivity index is 2.42. The summed E-state index contributed by atoms with van der Waals surface area (Å²) in [6, 6.07) is 2.97. The highest BCUT2D eigenvalue weighted by atomic mass is 35.5. The third-order valence-corrected chi connectivity index (χ3v) is 3.81. The summed E-state index contributed by atoms with van der Waals surface area (Å²) in [5, 5.41) is 0.210. The first kappa shape index (κ1) is 13.5. The molecule has 1 saturated heterocycles. The van der Waals surface area contributed by atoms with Crippen molar-refractivity contribution >= 4 is 35.8 Å². The fourth-order valence-electron chi connectivity index (χ4n) is 2.05. The highest BCUT2D eigenvalue weighted by Gasteiger charge is 2.33. The van der Waals surface area contributed by atoms with Crippen molar-refractivity contribution in [3.8, 4) is 5.75 Å². The minimum absolute atomic E-state index is 0.0801. The topological polar surface area (TPSA) is 29.5 Å². The Morgan fingerprint density at radius 2 is 2.33 bits per heavy atom. The quantitative estimate of drug-likeness (QED) is 0.867. The third kappa shape index (κ3) is 2.29. The molecule has 0 spiro atoms. The molecule has 0 bridgehead atoms. The van der Waals surface area contributed by atoms with E-state index in [9.17, 15) is 9.18 Å². The van der Waals surface area contributed by atoms with Crippen LogP contribution < -0.4 is 9.64 Å². The average Bonchev–Trinajstić information content (AvgIpc) is 2.71. The van der Waals surface area contributed by atoms with Crippen LogP contribution in [-0.2, 0) is 4.79 Å². The second-order valence-corrected chi connectivity index (χ2v) is 4.94. The molecule has 1 aromatic rings. The van der Waals surface area contributed by atoms with E-state index in [2.05, 4.69) is 12.6 Å². The second-order valence-electron chi connectivity index (χ2n) is 4.17. The number of nitrogens with zero attached hydrogens (tertiary/aromatic N) is 1. The summed E-state index contributed by atoms with van der Waals surface area (Å²) in [5.41, 5.74) is 0.102. The molecule has 1 amide bonds. The molecule has 0 saturated carbocycles. The van der Waals surface area contributed by atoms with Crippen molar-refractivity contribution in [2.24, 2.45) is 5.92 Å². The van der Waals surface area contributed by atoms with Crippen LogP contribution in [0.1, 0.15) is 6.42 Å². The van der Waals surface area contributed by atoms with Crippen molar-refractivity contribution in [3.63, 3.8) is 0 Å². The van der Waals surface area contributed by atoms with Crippen molar-refractivity contribution in [3.05, 3.63) is 23.0 Å². The summed E-state index contributed by atoms with van der Waals surface area (Å²) < 4.78 is 19.1. The summed E-state index contributed by atoms with van der Waals surface area (Å²) in [7, 11) is 1.37. The molecule has 1 aliphatic rings. The first-order chi connectivity index (χ1) is 8.58. The van der Waals surface area contributed by atoms with Crippen LogP contribution in [0, 0.1) is 11.7 Å². The zero-order valence-electron chi connectivity index (χ0n) is 9.82. The fourth-order valence-corrected chi connectivity index (χ4v) is 2.54. The molecule has 1 aromatic carbocycles. The van der Waals surface area contributed by atoms with Gasteiger partial charge in [0.2, 0.25) is 5.91 Å². The number of hydrogen-bond donors (Lipinski definition) is 1. The maximum Gasteiger partial charge on any atom is 0.227 e. The van der Waals surface area contributed by atoms with Gasteiger partial charge < -0.3 is 9.64 Å². The van der Waals surface area contributed by atoms with E-state index in [0.717, 1.165) is 0 Å². The van der Waals surface area contributed by atoms with Crippen LogP contribution in [-0.4, -0.2) is 25.3 Å². The summed E-state index contributed by atoms with van der Waals surface area (Å²) in [5.74, 6) is 0.0612. The van der Waals surface area contributed by atoms with Crippen LogP contribution in [0.2, 0.25) is 5.02 Å². The molecule has 1 aliphatic heterocycles. The predicted molar refractivity (Wildman–Crippen MR) is 72.3 cm³/mol. The molecule has 2 rings (SSSR count). The largest absolute Gasteiger partial charge is 0.494 e. The van der Waals surface area contributed by atoms with E-state index in [-0.39, 0.29) is 28.3 Å². The van der Waals surface area contributed by atoms with E-state index in [4.69, 9.17) is 16.3 Å². The van der Waals surface area contributed by atoms with E-state index in [0.29, 0.717) is 18.7 Å². The lowest BCUT2D eigenvalue weighted by Gasteiger charge is -2.19. The number of carbonyl (C=O) groups excluding carboxylic acids is 1. The number of ether oxygens (including phenoxy) is 1. The van der Waals surface area contributed by atoms with Crippen molar-refractivity contribution in [1.82, 2.24) is 0 Å². The molecule has 6 heteroatoms. The number of hydrogen-bond acceptors (Lipinski definition) is 3. The van der Waals surface area contributed by atoms with E-state index in [1.165, 1.54) is 24.1 Å². The van der Waals surface area contributed by atoms with E-state index in [1.807, 2.05) is 0 Å². The number of rotatable bonds is 3. The Hall–Kier alpha value is -0.940. The van der Waals surface area contributed by atoms with Gasteiger partial charge in [-0.1, -0.05) is 11.6 Å². The molecular formula is C12H13ClFNO2S. The number of amides is 1. The van der Waals surface area contributed by atoms with Crippen LogP contribution in [0.25, 0.3) is 0 Å². The zero-order chi connectivity index (χ0) is 13.3. The smallest absolute Gasteiger partial charge is 0.227 e. The van der Waals surface area contributed by atoms with Gasteiger partial charge in [-0.25, -0.2) is 4.39 Å².